The predicted molar refractivity (Wildman–Crippen MR) is 80.8 cm³/mol. The van der Waals surface area contributed by atoms with Gasteiger partial charge in [0, 0.05) is 31.8 Å². The summed E-state index contributed by atoms with van der Waals surface area (Å²) in [7, 11) is 1.67. The minimum absolute atomic E-state index is 0.168. The molecular formula is C15H22N2O3. The van der Waals surface area contributed by atoms with Crippen molar-refractivity contribution in [3.05, 3.63) is 45.0 Å². The van der Waals surface area contributed by atoms with Crippen LogP contribution < -0.4 is 5.32 Å². The average molecular weight is 278 g/mol. The van der Waals surface area contributed by atoms with Gasteiger partial charge in [-0.1, -0.05) is 30.7 Å². The van der Waals surface area contributed by atoms with Crippen LogP contribution in [0.25, 0.3) is 6.08 Å². The molecular weight excluding hydrogens is 256 g/mol. The average Bonchev–Trinajstić information content (AvgIpc) is 2.43. The summed E-state index contributed by atoms with van der Waals surface area (Å²) in [5.74, 6) is 0. The van der Waals surface area contributed by atoms with Crippen LogP contribution in [0.2, 0.25) is 0 Å². The van der Waals surface area contributed by atoms with Crippen LogP contribution in [0.5, 0.6) is 0 Å². The number of rotatable bonds is 8. The van der Waals surface area contributed by atoms with Crippen LogP contribution in [0.1, 0.15) is 24.5 Å². The minimum Gasteiger partial charge on any atom is -0.383 e. The zero-order chi connectivity index (χ0) is 15.0. The van der Waals surface area contributed by atoms with Crippen molar-refractivity contribution in [1.29, 1.82) is 0 Å². The number of methoxy groups -OCH3 is 1. The van der Waals surface area contributed by atoms with Crippen LogP contribution in [0.15, 0.2) is 23.8 Å². The molecule has 0 heterocycles. The predicted octanol–water partition coefficient (Wildman–Crippen LogP) is 2.93. The molecule has 1 rings (SSSR count). The van der Waals surface area contributed by atoms with Crippen molar-refractivity contribution in [2.45, 2.75) is 20.3 Å². The molecule has 1 N–H and O–H groups in total. The zero-order valence-electron chi connectivity index (χ0n) is 12.3. The number of nitrogens with zero attached hydrogens (tertiary/aromatic N) is 1. The van der Waals surface area contributed by atoms with Crippen LogP contribution in [0.4, 0.5) is 5.69 Å². The molecule has 20 heavy (non-hydrogen) atoms. The number of aryl methyl sites for hydroxylation is 1. The zero-order valence-corrected chi connectivity index (χ0v) is 12.3. The molecule has 0 bridgehead atoms. The van der Waals surface area contributed by atoms with Gasteiger partial charge in [-0.3, -0.25) is 10.1 Å². The highest BCUT2D eigenvalue weighted by Gasteiger charge is 2.10. The van der Waals surface area contributed by atoms with Crippen LogP contribution >= 0.6 is 0 Å². The van der Waals surface area contributed by atoms with Gasteiger partial charge in [0.15, 0.2) is 0 Å². The Labute approximate surface area is 119 Å². The second-order valence-corrected chi connectivity index (χ2v) is 4.63. The summed E-state index contributed by atoms with van der Waals surface area (Å²) in [4.78, 5) is 10.6. The summed E-state index contributed by atoms with van der Waals surface area (Å²) in [5.41, 5.74) is 2.93. The van der Waals surface area contributed by atoms with E-state index < -0.39 is 0 Å². The van der Waals surface area contributed by atoms with Crippen LogP contribution in [-0.4, -0.2) is 31.7 Å². The van der Waals surface area contributed by atoms with Gasteiger partial charge in [0.25, 0.3) is 5.69 Å². The number of nitrogens with one attached hydrogen (secondary N) is 1. The minimum atomic E-state index is -0.338. The van der Waals surface area contributed by atoms with E-state index in [1.807, 2.05) is 12.1 Å². The maximum Gasteiger partial charge on any atom is 0.272 e. The van der Waals surface area contributed by atoms with E-state index in [0.717, 1.165) is 25.1 Å². The number of nitro groups is 1. The van der Waals surface area contributed by atoms with E-state index >= 15 is 0 Å². The smallest absolute Gasteiger partial charge is 0.272 e. The Kier molecular flexibility index (Phi) is 6.90. The van der Waals surface area contributed by atoms with Gasteiger partial charge in [-0.05, 0) is 18.9 Å². The third kappa shape index (κ3) is 5.11. The highest BCUT2D eigenvalue weighted by molar-refractivity contribution is 5.58. The maximum atomic E-state index is 10.9. The summed E-state index contributed by atoms with van der Waals surface area (Å²) in [6, 6.07) is 5.32. The molecule has 0 aliphatic heterocycles. The molecule has 0 aliphatic rings. The molecule has 0 amide bonds. The van der Waals surface area contributed by atoms with Crippen molar-refractivity contribution in [2.24, 2.45) is 0 Å². The summed E-state index contributed by atoms with van der Waals surface area (Å²) < 4.78 is 4.97. The van der Waals surface area contributed by atoms with Gasteiger partial charge in [-0.25, -0.2) is 0 Å². The number of benzene rings is 1. The molecule has 0 aromatic heterocycles. The fourth-order valence-corrected chi connectivity index (χ4v) is 1.85. The fraction of sp³-hybridized carbons (Fsp3) is 0.467. The molecule has 110 valence electrons. The van der Waals surface area contributed by atoms with Crippen molar-refractivity contribution < 1.29 is 9.66 Å². The standard InChI is InChI=1S/C15H22N2O3/c1-4-13(11-16-7-8-20-3)9-14-6-5-12(2)15(10-14)17(18)19/h5-6,9-10,16H,4,7-8,11H2,1-3H3. The highest BCUT2D eigenvalue weighted by Crippen LogP contribution is 2.21. The van der Waals surface area contributed by atoms with Crippen molar-refractivity contribution in [1.82, 2.24) is 5.32 Å². The van der Waals surface area contributed by atoms with Crippen LogP contribution in [0.3, 0.4) is 0 Å². The lowest BCUT2D eigenvalue weighted by atomic mass is 10.1. The first-order valence-electron chi connectivity index (χ1n) is 6.72. The number of hydrogen-bond acceptors (Lipinski definition) is 4. The van der Waals surface area contributed by atoms with Gasteiger partial charge >= 0.3 is 0 Å². The topological polar surface area (TPSA) is 64.4 Å². The van der Waals surface area contributed by atoms with Gasteiger partial charge < -0.3 is 10.1 Å². The van der Waals surface area contributed by atoms with E-state index in [9.17, 15) is 10.1 Å². The van der Waals surface area contributed by atoms with Crippen LogP contribution in [0, 0.1) is 17.0 Å². The molecule has 1 aromatic rings. The summed E-state index contributed by atoms with van der Waals surface area (Å²) in [5, 5.41) is 14.2. The Bertz CT molecular complexity index is 484. The molecule has 0 saturated carbocycles. The van der Waals surface area contributed by atoms with Gasteiger partial charge in [-0.2, -0.15) is 0 Å². The summed E-state index contributed by atoms with van der Waals surface area (Å²) in [6.45, 7) is 6.06. The van der Waals surface area contributed by atoms with E-state index in [4.69, 9.17) is 4.74 Å². The molecule has 0 unspecified atom stereocenters. The Balaban J connectivity index is 2.79. The van der Waals surface area contributed by atoms with Crippen molar-refractivity contribution in [3.63, 3.8) is 0 Å². The van der Waals surface area contributed by atoms with E-state index in [1.54, 1.807) is 26.2 Å². The molecule has 0 saturated heterocycles. The second kappa shape index (κ2) is 8.45. The first-order valence-corrected chi connectivity index (χ1v) is 6.72. The number of hydrogen-bond donors (Lipinski definition) is 1. The largest absolute Gasteiger partial charge is 0.383 e. The Morgan fingerprint density at radius 2 is 2.25 bits per heavy atom. The molecule has 0 aliphatic carbocycles. The van der Waals surface area contributed by atoms with E-state index in [1.165, 1.54) is 5.57 Å². The number of nitro benzene ring substituents is 1. The summed E-state index contributed by atoms with van der Waals surface area (Å²) >= 11 is 0. The molecule has 0 radical (unpaired) electrons. The Morgan fingerprint density at radius 1 is 1.50 bits per heavy atom. The van der Waals surface area contributed by atoms with Gasteiger partial charge in [0.05, 0.1) is 11.5 Å². The van der Waals surface area contributed by atoms with Gasteiger partial charge in [0.1, 0.15) is 0 Å². The first kappa shape index (κ1) is 16.3. The van der Waals surface area contributed by atoms with Crippen LogP contribution in [-0.2, 0) is 4.74 Å². The monoisotopic (exact) mass is 278 g/mol. The molecule has 5 nitrogen and oxygen atoms in total. The van der Waals surface area contributed by atoms with E-state index in [-0.39, 0.29) is 10.6 Å². The quantitative estimate of drug-likeness (QED) is 0.451. The fourth-order valence-electron chi connectivity index (χ4n) is 1.85. The molecule has 0 spiro atoms. The van der Waals surface area contributed by atoms with Gasteiger partial charge in [0.2, 0.25) is 0 Å². The van der Waals surface area contributed by atoms with E-state index in [2.05, 4.69) is 12.2 Å². The second-order valence-electron chi connectivity index (χ2n) is 4.63. The third-order valence-electron chi connectivity index (χ3n) is 3.09. The lowest BCUT2D eigenvalue weighted by Gasteiger charge is -2.07. The van der Waals surface area contributed by atoms with Crippen molar-refractivity contribution in [3.8, 4) is 0 Å². The van der Waals surface area contributed by atoms with E-state index in [0.29, 0.717) is 12.2 Å². The highest BCUT2D eigenvalue weighted by atomic mass is 16.6. The van der Waals surface area contributed by atoms with Gasteiger partial charge in [-0.15, -0.1) is 0 Å². The molecule has 5 heteroatoms. The Hall–Kier alpha value is -1.72. The van der Waals surface area contributed by atoms with Crippen molar-refractivity contribution in [2.75, 3.05) is 26.8 Å². The Morgan fingerprint density at radius 3 is 2.85 bits per heavy atom. The number of ether oxygens (including phenoxy) is 1. The normalized spacial score (nSPS) is 11.7. The maximum absolute atomic E-state index is 10.9. The lowest BCUT2D eigenvalue weighted by Crippen LogP contribution is -2.21. The molecule has 0 fully saturated rings. The van der Waals surface area contributed by atoms with Crippen molar-refractivity contribution >= 4 is 11.8 Å². The third-order valence-corrected chi connectivity index (χ3v) is 3.09. The molecule has 0 atom stereocenters. The SMILES string of the molecule is CCC(=Cc1ccc(C)c([N+](=O)[O-])c1)CNCCOC. The summed E-state index contributed by atoms with van der Waals surface area (Å²) in [6.07, 6.45) is 2.91. The first-order chi connectivity index (χ1) is 9.58. The lowest BCUT2D eigenvalue weighted by molar-refractivity contribution is -0.385. The molecule has 1 aromatic carbocycles.